The smallest absolute Gasteiger partial charge is 0.347 e. The van der Waals surface area contributed by atoms with Gasteiger partial charge < -0.3 is 9.84 Å². The van der Waals surface area contributed by atoms with Gasteiger partial charge in [-0.1, -0.05) is 18.2 Å². The van der Waals surface area contributed by atoms with Crippen LogP contribution in [-0.2, 0) is 4.74 Å². The molecule has 0 radical (unpaired) electrons. The van der Waals surface area contributed by atoms with Crippen LogP contribution >= 0.6 is 11.6 Å². The molecule has 2 aromatic carbocycles. The second-order valence-electron chi connectivity index (χ2n) is 4.41. The molecule has 0 saturated carbocycles. The van der Waals surface area contributed by atoms with E-state index in [4.69, 9.17) is 11.6 Å². The number of cyclic esters (lactones) is 2. The molecule has 0 bridgehead atoms. The molecule has 1 aliphatic heterocycles. The van der Waals surface area contributed by atoms with Crippen molar-refractivity contribution < 1.29 is 24.2 Å². The summed E-state index contributed by atoms with van der Waals surface area (Å²) >= 11 is 5.58. The van der Waals surface area contributed by atoms with Crippen LogP contribution in [0.2, 0.25) is 0 Å². The molecule has 0 aliphatic carbocycles. The van der Waals surface area contributed by atoms with Gasteiger partial charge in [0.2, 0.25) is 0 Å². The molecule has 3 rings (SSSR count). The number of hydrogen-bond acceptors (Lipinski definition) is 5. The van der Waals surface area contributed by atoms with E-state index >= 15 is 0 Å². The molecule has 0 unspecified atom stereocenters. The Balaban J connectivity index is 2.30. The van der Waals surface area contributed by atoms with Crippen LogP contribution in [0.3, 0.4) is 0 Å². The van der Waals surface area contributed by atoms with Crippen molar-refractivity contribution >= 4 is 28.8 Å². The lowest BCUT2D eigenvalue weighted by Gasteiger charge is -2.09. The van der Waals surface area contributed by atoms with E-state index in [9.17, 15) is 19.5 Å². The summed E-state index contributed by atoms with van der Waals surface area (Å²) in [6.45, 7) is 0. The van der Waals surface area contributed by atoms with Crippen LogP contribution in [0.5, 0.6) is 5.75 Å². The molecule has 0 saturated heterocycles. The monoisotopic (exact) mass is 302 g/mol. The van der Waals surface area contributed by atoms with Gasteiger partial charge in [0.05, 0.1) is 16.7 Å². The van der Waals surface area contributed by atoms with Gasteiger partial charge in [0.25, 0.3) is 5.24 Å². The maximum atomic E-state index is 11.7. The van der Waals surface area contributed by atoms with E-state index in [2.05, 4.69) is 4.74 Å². The van der Waals surface area contributed by atoms with E-state index in [1.807, 2.05) is 0 Å². The number of halogens is 1. The SMILES string of the molecule is O=C1OC(=O)c2c1ccc(-c1ccc(O)cc1)c2C(=O)Cl. The summed E-state index contributed by atoms with van der Waals surface area (Å²) in [4.78, 5) is 35.0. The average Bonchev–Trinajstić information content (AvgIpc) is 2.74. The normalized spacial score (nSPS) is 13.0. The summed E-state index contributed by atoms with van der Waals surface area (Å²) in [6.07, 6.45) is 0. The van der Waals surface area contributed by atoms with Crippen LogP contribution in [0.25, 0.3) is 11.1 Å². The number of ether oxygens (including phenoxy) is 1. The van der Waals surface area contributed by atoms with Crippen LogP contribution in [0.4, 0.5) is 0 Å². The number of rotatable bonds is 2. The van der Waals surface area contributed by atoms with E-state index in [1.165, 1.54) is 24.3 Å². The molecule has 1 heterocycles. The van der Waals surface area contributed by atoms with Crippen molar-refractivity contribution in [2.75, 3.05) is 0 Å². The highest BCUT2D eigenvalue weighted by atomic mass is 35.5. The zero-order chi connectivity index (χ0) is 15.1. The van der Waals surface area contributed by atoms with Gasteiger partial charge in [0, 0.05) is 0 Å². The number of carbonyl (C=O) groups excluding carboxylic acids is 3. The lowest BCUT2D eigenvalue weighted by molar-refractivity contribution is 0.0442. The van der Waals surface area contributed by atoms with Crippen LogP contribution in [0, 0.1) is 0 Å². The molecule has 2 aromatic rings. The largest absolute Gasteiger partial charge is 0.508 e. The molecule has 0 aromatic heterocycles. The minimum absolute atomic E-state index is 0.0199. The zero-order valence-corrected chi connectivity index (χ0v) is 11.2. The van der Waals surface area contributed by atoms with Gasteiger partial charge in [-0.2, -0.15) is 0 Å². The van der Waals surface area contributed by atoms with Crippen LogP contribution in [0.15, 0.2) is 36.4 Å². The Morgan fingerprint density at radius 2 is 1.57 bits per heavy atom. The predicted octanol–water partition coefficient (Wildman–Crippen LogP) is 2.75. The van der Waals surface area contributed by atoms with Gasteiger partial charge in [0.15, 0.2) is 0 Å². The van der Waals surface area contributed by atoms with E-state index in [0.29, 0.717) is 11.1 Å². The first kappa shape index (κ1) is 13.3. The summed E-state index contributed by atoms with van der Waals surface area (Å²) in [5, 5.41) is 8.44. The van der Waals surface area contributed by atoms with Crippen LogP contribution in [-0.4, -0.2) is 22.3 Å². The van der Waals surface area contributed by atoms with Gasteiger partial charge in [-0.05, 0) is 40.9 Å². The Hall–Kier alpha value is -2.66. The van der Waals surface area contributed by atoms with E-state index in [0.717, 1.165) is 0 Å². The predicted molar refractivity (Wildman–Crippen MR) is 73.5 cm³/mol. The number of fused-ring (bicyclic) bond motifs is 1. The maximum absolute atomic E-state index is 11.7. The molecule has 6 heteroatoms. The maximum Gasteiger partial charge on any atom is 0.347 e. The molecule has 0 atom stereocenters. The fourth-order valence-electron chi connectivity index (χ4n) is 2.26. The Morgan fingerprint density at radius 3 is 2.19 bits per heavy atom. The fourth-order valence-corrected chi connectivity index (χ4v) is 2.46. The quantitative estimate of drug-likeness (QED) is 0.524. The summed E-state index contributed by atoms with van der Waals surface area (Å²) in [5.74, 6) is -1.63. The molecular formula is C15H7ClO5. The van der Waals surface area contributed by atoms with Gasteiger partial charge in [0.1, 0.15) is 5.75 Å². The zero-order valence-electron chi connectivity index (χ0n) is 10.4. The Labute approximate surface area is 123 Å². The third kappa shape index (κ3) is 2.08. The summed E-state index contributed by atoms with van der Waals surface area (Å²) in [5.41, 5.74) is 0.792. The van der Waals surface area contributed by atoms with Gasteiger partial charge in [-0.3, -0.25) is 4.79 Å². The van der Waals surface area contributed by atoms with Crippen molar-refractivity contribution in [3.05, 3.63) is 53.1 Å². The van der Waals surface area contributed by atoms with Crippen molar-refractivity contribution in [3.8, 4) is 16.9 Å². The summed E-state index contributed by atoms with van der Waals surface area (Å²) in [6, 6.07) is 8.95. The molecule has 0 fully saturated rings. The van der Waals surface area contributed by atoms with E-state index in [-0.39, 0.29) is 22.4 Å². The number of benzene rings is 2. The first-order chi connectivity index (χ1) is 9.99. The fraction of sp³-hybridized carbons (Fsp3) is 0. The van der Waals surface area contributed by atoms with Crippen molar-refractivity contribution in [1.29, 1.82) is 0 Å². The number of phenolic OH excluding ortho intramolecular Hbond substituents is 1. The van der Waals surface area contributed by atoms with Gasteiger partial charge >= 0.3 is 11.9 Å². The molecule has 104 valence electrons. The highest BCUT2D eigenvalue weighted by Crippen LogP contribution is 2.34. The molecular weight excluding hydrogens is 296 g/mol. The van der Waals surface area contributed by atoms with Gasteiger partial charge in [-0.15, -0.1) is 0 Å². The molecule has 1 N–H and O–H groups in total. The number of carbonyl (C=O) groups is 3. The van der Waals surface area contributed by atoms with Crippen LogP contribution < -0.4 is 0 Å². The minimum Gasteiger partial charge on any atom is -0.508 e. The topological polar surface area (TPSA) is 80.7 Å². The third-order valence-corrected chi connectivity index (χ3v) is 3.38. The van der Waals surface area contributed by atoms with Crippen molar-refractivity contribution in [3.63, 3.8) is 0 Å². The van der Waals surface area contributed by atoms with E-state index < -0.39 is 17.2 Å². The van der Waals surface area contributed by atoms with Crippen molar-refractivity contribution in [1.82, 2.24) is 0 Å². The molecule has 5 nitrogen and oxygen atoms in total. The summed E-state index contributed by atoms with van der Waals surface area (Å²) in [7, 11) is 0. The molecule has 0 spiro atoms. The molecule has 1 aliphatic rings. The molecule has 21 heavy (non-hydrogen) atoms. The highest BCUT2D eigenvalue weighted by Gasteiger charge is 2.35. The minimum atomic E-state index is -0.889. The lowest BCUT2D eigenvalue weighted by Crippen LogP contribution is -2.05. The second kappa shape index (κ2) is 4.71. The summed E-state index contributed by atoms with van der Waals surface area (Å²) < 4.78 is 4.50. The number of hydrogen-bond donors (Lipinski definition) is 1. The van der Waals surface area contributed by atoms with Crippen molar-refractivity contribution in [2.24, 2.45) is 0 Å². The Bertz CT molecular complexity index is 792. The third-order valence-electron chi connectivity index (χ3n) is 3.19. The first-order valence-electron chi connectivity index (χ1n) is 5.92. The number of esters is 2. The van der Waals surface area contributed by atoms with Gasteiger partial charge in [-0.25, -0.2) is 9.59 Å². The number of aromatic hydroxyl groups is 1. The van der Waals surface area contributed by atoms with Crippen molar-refractivity contribution in [2.45, 2.75) is 0 Å². The first-order valence-corrected chi connectivity index (χ1v) is 6.29. The number of phenols is 1. The average molecular weight is 303 g/mol. The second-order valence-corrected chi connectivity index (χ2v) is 4.75. The standard InChI is InChI=1S/C15H7ClO5/c16-13(18)11-9(7-1-3-8(17)4-2-7)5-6-10-12(11)15(20)21-14(10)19/h1-6,17H. The molecule has 0 amide bonds. The Kier molecular flexibility index (Phi) is 2.99. The van der Waals surface area contributed by atoms with Crippen LogP contribution in [0.1, 0.15) is 31.1 Å². The highest BCUT2D eigenvalue weighted by molar-refractivity contribution is 6.69. The van der Waals surface area contributed by atoms with E-state index in [1.54, 1.807) is 12.1 Å². The lowest BCUT2D eigenvalue weighted by atomic mass is 9.93. The Morgan fingerprint density at radius 1 is 0.952 bits per heavy atom.